The van der Waals surface area contributed by atoms with Gasteiger partial charge in [0.25, 0.3) is 5.91 Å². The molecule has 0 saturated heterocycles. The molecule has 0 aliphatic rings. The van der Waals surface area contributed by atoms with Crippen LogP contribution in [-0.2, 0) is 0 Å². The van der Waals surface area contributed by atoms with Crippen LogP contribution >= 0.6 is 39.1 Å². The number of imide groups is 1. The summed E-state index contributed by atoms with van der Waals surface area (Å²) in [7, 11) is 0. The summed E-state index contributed by atoms with van der Waals surface area (Å²) in [4.78, 5) is 33.6. The van der Waals surface area contributed by atoms with E-state index in [0.717, 1.165) is 5.56 Å². The fraction of sp³-hybridized carbons (Fsp3) is 0.182. The summed E-state index contributed by atoms with van der Waals surface area (Å²) in [5, 5.41) is 4.67. The topological polar surface area (TPSA) is 84.0 Å². The number of halogens is 4. The summed E-state index contributed by atoms with van der Waals surface area (Å²) in [5.74, 6) is -1.31. The average Bonchev–Trinajstić information content (AvgIpc) is 2.71. The predicted molar refractivity (Wildman–Crippen MR) is 127 cm³/mol. The van der Waals surface area contributed by atoms with Gasteiger partial charge in [0, 0.05) is 5.56 Å². The van der Waals surface area contributed by atoms with Gasteiger partial charge in [0.15, 0.2) is 0 Å². The van der Waals surface area contributed by atoms with E-state index < -0.39 is 17.8 Å². The molecule has 6 nitrogen and oxygen atoms in total. The van der Waals surface area contributed by atoms with Crippen molar-refractivity contribution in [1.29, 1.82) is 0 Å². The van der Waals surface area contributed by atoms with E-state index in [-0.39, 0.29) is 32.9 Å². The lowest BCUT2D eigenvalue weighted by atomic mass is 10.1. The van der Waals surface area contributed by atoms with Gasteiger partial charge in [-0.2, -0.15) is 0 Å². The molecule has 0 saturated carbocycles. The van der Waals surface area contributed by atoms with Crippen molar-refractivity contribution in [3.8, 4) is 11.3 Å². The molecule has 0 fully saturated rings. The minimum Gasteiger partial charge on any atom is -0.306 e. The second-order valence-electron chi connectivity index (χ2n) is 7.22. The number of nitrogens with zero attached hydrogens (tertiary/aromatic N) is 2. The Hall–Kier alpha value is -2.55. The van der Waals surface area contributed by atoms with E-state index in [2.05, 4.69) is 36.5 Å². The molecule has 2 heterocycles. The lowest BCUT2D eigenvalue weighted by Crippen LogP contribution is -2.35. The maximum Gasteiger partial charge on any atom is 0.326 e. The van der Waals surface area contributed by atoms with Crippen LogP contribution in [-0.4, -0.2) is 21.9 Å². The summed E-state index contributed by atoms with van der Waals surface area (Å²) in [6.07, 6.45) is 0. The summed E-state index contributed by atoms with van der Waals surface area (Å²) in [6, 6.07) is 8.14. The van der Waals surface area contributed by atoms with Crippen LogP contribution < -0.4 is 10.6 Å². The maximum absolute atomic E-state index is 14.1. The summed E-state index contributed by atoms with van der Waals surface area (Å²) in [6.45, 7) is 5.69. The molecule has 1 aromatic carbocycles. The fourth-order valence-electron chi connectivity index (χ4n) is 3.02. The van der Waals surface area contributed by atoms with Crippen LogP contribution in [0.5, 0.6) is 0 Å². The van der Waals surface area contributed by atoms with Gasteiger partial charge < -0.3 is 5.32 Å². The molecule has 0 bridgehead atoms. The number of anilines is 1. The van der Waals surface area contributed by atoms with Gasteiger partial charge in [-0.05, 0) is 58.6 Å². The molecule has 2 N–H and O–H groups in total. The molecule has 0 unspecified atom stereocenters. The Bertz CT molecular complexity index is 1220. The number of pyridine rings is 2. The maximum atomic E-state index is 14.1. The van der Waals surface area contributed by atoms with Gasteiger partial charge in [-0.1, -0.05) is 49.2 Å². The van der Waals surface area contributed by atoms with E-state index in [1.807, 2.05) is 20.8 Å². The van der Waals surface area contributed by atoms with Crippen molar-refractivity contribution in [3.05, 3.63) is 73.8 Å². The van der Waals surface area contributed by atoms with Crippen LogP contribution in [0.15, 0.2) is 41.0 Å². The number of aromatic nitrogens is 2. The summed E-state index contributed by atoms with van der Waals surface area (Å²) in [5.41, 5.74) is 2.05. The first-order chi connectivity index (χ1) is 15.1. The highest BCUT2D eigenvalue weighted by molar-refractivity contribution is 9.10. The molecule has 166 valence electrons. The quantitative estimate of drug-likeness (QED) is 0.359. The second-order valence-corrected chi connectivity index (χ2v) is 8.80. The highest BCUT2D eigenvalue weighted by Crippen LogP contribution is 2.32. The van der Waals surface area contributed by atoms with Crippen molar-refractivity contribution in [2.75, 3.05) is 5.32 Å². The summed E-state index contributed by atoms with van der Waals surface area (Å²) >= 11 is 15.7. The van der Waals surface area contributed by atoms with Crippen molar-refractivity contribution >= 4 is 56.8 Å². The number of carbonyl (C=O) groups excluding carboxylic acids is 2. The molecule has 3 aromatic rings. The first-order valence-electron chi connectivity index (χ1n) is 9.48. The standard InChI is InChI=1S/C22H18BrCl2FN4O2/c1-10(2)17-18(11(3)8-16(23)27-17)29-22(32)30-21(31)13-9-14(24)19(28-20(13)25)12-6-4-5-7-15(12)26/h4-10H,1-3H3,(H2,29,30,31,32). The Labute approximate surface area is 202 Å². The van der Waals surface area contributed by atoms with Gasteiger partial charge >= 0.3 is 6.03 Å². The van der Waals surface area contributed by atoms with Gasteiger partial charge in [-0.25, -0.2) is 19.2 Å². The third kappa shape index (κ3) is 5.26. The number of benzene rings is 1. The van der Waals surface area contributed by atoms with E-state index in [1.54, 1.807) is 12.1 Å². The number of aryl methyl sites for hydroxylation is 1. The predicted octanol–water partition coefficient (Wildman–Crippen LogP) is 6.75. The van der Waals surface area contributed by atoms with Gasteiger partial charge in [0.05, 0.1) is 27.7 Å². The molecule has 0 radical (unpaired) electrons. The van der Waals surface area contributed by atoms with Crippen molar-refractivity contribution in [3.63, 3.8) is 0 Å². The molecule has 0 spiro atoms. The van der Waals surface area contributed by atoms with Crippen LogP contribution in [0.1, 0.15) is 41.4 Å². The molecule has 2 aromatic heterocycles. The highest BCUT2D eigenvalue weighted by atomic mass is 79.9. The average molecular weight is 540 g/mol. The zero-order valence-corrected chi connectivity index (χ0v) is 20.4. The zero-order chi connectivity index (χ0) is 23.6. The first kappa shape index (κ1) is 24.1. The largest absolute Gasteiger partial charge is 0.326 e. The van der Waals surface area contributed by atoms with E-state index in [4.69, 9.17) is 23.2 Å². The molecule has 10 heteroatoms. The molecule has 0 atom stereocenters. The van der Waals surface area contributed by atoms with Gasteiger partial charge in [-0.15, -0.1) is 0 Å². The molecule has 0 aliphatic carbocycles. The Morgan fingerprint density at radius 2 is 1.81 bits per heavy atom. The summed E-state index contributed by atoms with van der Waals surface area (Å²) < 4.78 is 14.7. The lowest BCUT2D eigenvalue weighted by Gasteiger charge is -2.16. The molecule has 3 amide bonds. The number of amides is 3. The number of nitrogens with one attached hydrogen (secondary N) is 2. The van der Waals surface area contributed by atoms with Crippen LogP contribution in [0.3, 0.4) is 0 Å². The highest BCUT2D eigenvalue weighted by Gasteiger charge is 2.21. The third-order valence-electron chi connectivity index (χ3n) is 4.53. The number of carbonyl (C=O) groups is 2. The fourth-order valence-corrected chi connectivity index (χ4v) is 4.03. The molecule has 3 rings (SSSR count). The second kappa shape index (κ2) is 9.94. The van der Waals surface area contributed by atoms with Crippen LogP contribution in [0.25, 0.3) is 11.3 Å². The molecular formula is C22H18BrCl2FN4O2. The normalized spacial score (nSPS) is 10.9. The zero-order valence-electron chi connectivity index (χ0n) is 17.3. The Morgan fingerprint density at radius 3 is 2.47 bits per heavy atom. The van der Waals surface area contributed by atoms with E-state index in [1.165, 1.54) is 24.3 Å². The van der Waals surface area contributed by atoms with Crippen molar-refractivity contribution in [1.82, 2.24) is 15.3 Å². The van der Waals surface area contributed by atoms with Crippen LogP contribution in [0, 0.1) is 12.7 Å². The van der Waals surface area contributed by atoms with Crippen LogP contribution in [0.2, 0.25) is 10.2 Å². The number of hydrogen-bond acceptors (Lipinski definition) is 4. The van der Waals surface area contributed by atoms with Gasteiger partial charge in [0.2, 0.25) is 0 Å². The van der Waals surface area contributed by atoms with E-state index in [9.17, 15) is 14.0 Å². The molecule has 0 aliphatic heterocycles. The lowest BCUT2D eigenvalue weighted by molar-refractivity contribution is 0.0967. The van der Waals surface area contributed by atoms with E-state index >= 15 is 0 Å². The molecular weight excluding hydrogens is 522 g/mol. The Kier molecular flexibility index (Phi) is 7.48. The Balaban J connectivity index is 1.83. The van der Waals surface area contributed by atoms with Crippen LogP contribution in [0.4, 0.5) is 14.9 Å². The first-order valence-corrected chi connectivity index (χ1v) is 11.0. The number of urea groups is 1. The van der Waals surface area contributed by atoms with Crippen molar-refractivity contribution in [2.24, 2.45) is 0 Å². The third-order valence-corrected chi connectivity index (χ3v) is 5.51. The minimum absolute atomic E-state index is 0.0140. The monoisotopic (exact) mass is 538 g/mol. The smallest absolute Gasteiger partial charge is 0.306 e. The van der Waals surface area contributed by atoms with Gasteiger partial charge in [-0.3, -0.25) is 10.1 Å². The number of hydrogen-bond donors (Lipinski definition) is 2. The minimum atomic E-state index is -0.809. The molecule has 32 heavy (non-hydrogen) atoms. The van der Waals surface area contributed by atoms with Crippen molar-refractivity contribution in [2.45, 2.75) is 26.7 Å². The SMILES string of the molecule is Cc1cc(Br)nc(C(C)C)c1NC(=O)NC(=O)c1cc(Cl)c(-c2ccccc2F)nc1Cl. The van der Waals surface area contributed by atoms with Crippen molar-refractivity contribution < 1.29 is 14.0 Å². The Morgan fingerprint density at radius 1 is 1.12 bits per heavy atom. The van der Waals surface area contributed by atoms with E-state index in [0.29, 0.717) is 16.0 Å². The van der Waals surface area contributed by atoms with Gasteiger partial charge in [0.1, 0.15) is 15.6 Å². The number of rotatable bonds is 4.